The highest BCUT2D eigenvalue weighted by Crippen LogP contribution is 2.26. The topological polar surface area (TPSA) is 38.3 Å². The van der Waals surface area contributed by atoms with Gasteiger partial charge in [-0.2, -0.15) is 0 Å². The third-order valence-corrected chi connectivity index (χ3v) is 4.03. The van der Waals surface area contributed by atoms with E-state index in [-0.39, 0.29) is 5.91 Å². The molecular weight excluding hydrogens is 333 g/mol. The quantitative estimate of drug-likeness (QED) is 0.781. The number of hydrogen-bond donors (Lipinski definition) is 1. The second-order valence-electron chi connectivity index (χ2n) is 4.94. The van der Waals surface area contributed by atoms with Gasteiger partial charge in [0.25, 0.3) is 0 Å². The Hall–Kier alpha value is -1.81. The van der Waals surface area contributed by atoms with Gasteiger partial charge in [0.2, 0.25) is 5.91 Å². The molecule has 2 aromatic rings. The Labute approximate surface area is 145 Å². The number of ether oxygens (including phenoxy) is 1. The molecule has 0 unspecified atom stereocenters. The molecule has 0 radical (unpaired) electrons. The van der Waals surface area contributed by atoms with Crippen LogP contribution in [-0.4, -0.2) is 13.0 Å². The van der Waals surface area contributed by atoms with Gasteiger partial charge in [0.05, 0.1) is 16.7 Å². The molecule has 0 bridgehead atoms. The SMILES string of the molecule is COCc1ccc(CNC(=O)/C=C/c2cccc(Cl)c2Cl)cc1. The van der Waals surface area contributed by atoms with Gasteiger partial charge < -0.3 is 10.1 Å². The van der Waals surface area contributed by atoms with Crippen LogP contribution in [0.15, 0.2) is 48.5 Å². The van der Waals surface area contributed by atoms with E-state index in [1.54, 1.807) is 31.4 Å². The van der Waals surface area contributed by atoms with E-state index in [9.17, 15) is 4.79 Å². The van der Waals surface area contributed by atoms with Crippen molar-refractivity contribution in [1.29, 1.82) is 0 Å². The highest BCUT2D eigenvalue weighted by Gasteiger charge is 2.02. The Kier molecular flexibility index (Phi) is 6.66. The van der Waals surface area contributed by atoms with Crippen molar-refractivity contribution >= 4 is 35.2 Å². The summed E-state index contributed by atoms with van der Waals surface area (Å²) in [5.41, 5.74) is 2.82. The lowest BCUT2D eigenvalue weighted by molar-refractivity contribution is -0.116. The molecule has 23 heavy (non-hydrogen) atoms. The first-order chi connectivity index (χ1) is 11.1. The molecule has 0 aliphatic carbocycles. The van der Waals surface area contributed by atoms with Crippen LogP contribution in [0.2, 0.25) is 10.0 Å². The molecular formula is C18H17Cl2NO2. The van der Waals surface area contributed by atoms with E-state index in [0.717, 1.165) is 11.1 Å². The number of amides is 1. The number of halogens is 2. The maximum atomic E-state index is 11.9. The average Bonchev–Trinajstić information content (AvgIpc) is 2.56. The Morgan fingerprint density at radius 2 is 1.83 bits per heavy atom. The lowest BCUT2D eigenvalue weighted by atomic mass is 10.1. The van der Waals surface area contributed by atoms with E-state index in [0.29, 0.717) is 28.8 Å². The van der Waals surface area contributed by atoms with Gasteiger partial charge in [0, 0.05) is 19.7 Å². The number of benzene rings is 2. The fourth-order valence-corrected chi connectivity index (χ4v) is 2.35. The van der Waals surface area contributed by atoms with Crippen molar-refractivity contribution in [1.82, 2.24) is 5.32 Å². The zero-order valence-electron chi connectivity index (χ0n) is 12.7. The molecule has 1 amide bonds. The molecule has 2 rings (SSSR count). The normalized spacial score (nSPS) is 10.9. The van der Waals surface area contributed by atoms with E-state index in [2.05, 4.69) is 5.32 Å². The van der Waals surface area contributed by atoms with Gasteiger partial charge >= 0.3 is 0 Å². The van der Waals surface area contributed by atoms with Crippen molar-refractivity contribution in [3.63, 3.8) is 0 Å². The molecule has 0 heterocycles. The summed E-state index contributed by atoms with van der Waals surface area (Å²) in [7, 11) is 1.66. The number of carbonyl (C=O) groups excluding carboxylic acids is 1. The number of methoxy groups -OCH3 is 1. The number of rotatable bonds is 6. The van der Waals surface area contributed by atoms with Crippen LogP contribution in [-0.2, 0) is 22.7 Å². The first-order valence-corrected chi connectivity index (χ1v) is 7.82. The third-order valence-electron chi connectivity index (χ3n) is 3.20. The maximum absolute atomic E-state index is 11.9. The van der Waals surface area contributed by atoms with Gasteiger partial charge in [0.15, 0.2) is 0 Å². The number of hydrogen-bond acceptors (Lipinski definition) is 2. The molecule has 0 aromatic heterocycles. The minimum absolute atomic E-state index is 0.193. The molecule has 0 fully saturated rings. The largest absolute Gasteiger partial charge is 0.380 e. The van der Waals surface area contributed by atoms with Gasteiger partial charge in [-0.15, -0.1) is 0 Å². The van der Waals surface area contributed by atoms with E-state index in [1.165, 1.54) is 6.08 Å². The van der Waals surface area contributed by atoms with Crippen LogP contribution in [0.5, 0.6) is 0 Å². The van der Waals surface area contributed by atoms with Gasteiger partial charge in [0.1, 0.15) is 0 Å². The molecule has 0 saturated carbocycles. The van der Waals surface area contributed by atoms with Crippen LogP contribution >= 0.6 is 23.2 Å². The summed E-state index contributed by atoms with van der Waals surface area (Å²) in [5, 5.41) is 3.72. The first-order valence-electron chi connectivity index (χ1n) is 7.07. The zero-order chi connectivity index (χ0) is 16.7. The van der Waals surface area contributed by atoms with Crippen LogP contribution in [0, 0.1) is 0 Å². The molecule has 0 spiro atoms. The summed E-state index contributed by atoms with van der Waals surface area (Å²) >= 11 is 12.0. The average molecular weight is 350 g/mol. The molecule has 0 aliphatic rings. The third kappa shape index (κ3) is 5.39. The van der Waals surface area contributed by atoms with E-state index < -0.39 is 0 Å². The predicted molar refractivity (Wildman–Crippen MR) is 94.5 cm³/mol. The van der Waals surface area contributed by atoms with Gasteiger partial charge in [-0.3, -0.25) is 4.79 Å². The summed E-state index contributed by atoms with van der Waals surface area (Å²) < 4.78 is 5.06. The standard InChI is InChI=1S/C18H17Cl2NO2/c1-23-12-14-7-5-13(6-8-14)11-21-17(22)10-9-15-3-2-4-16(19)18(15)20/h2-10H,11-12H2,1H3,(H,21,22)/b10-9+. The Bertz CT molecular complexity index is 697. The molecule has 2 aromatic carbocycles. The van der Waals surface area contributed by atoms with Crippen LogP contribution in [0.4, 0.5) is 0 Å². The fraction of sp³-hybridized carbons (Fsp3) is 0.167. The summed E-state index contributed by atoms with van der Waals surface area (Å²) in [6, 6.07) is 13.2. The van der Waals surface area contributed by atoms with Gasteiger partial charge in [-0.25, -0.2) is 0 Å². The van der Waals surface area contributed by atoms with Crippen LogP contribution in [0.3, 0.4) is 0 Å². The second-order valence-corrected chi connectivity index (χ2v) is 5.73. The Morgan fingerprint density at radius 1 is 1.13 bits per heavy atom. The van der Waals surface area contributed by atoms with Crippen molar-refractivity contribution in [2.75, 3.05) is 7.11 Å². The van der Waals surface area contributed by atoms with Crippen molar-refractivity contribution in [2.24, 2.45) is 0 Å². The molecule has 0 aliphatic heterocycles. The van der Waals surface area contributed by atoms with Crippen LogP contribution in [0.1, 0.15) is 16.7 Å². The molecule has 120 valence electrons. The van der Waals surface area contributed by atoms with E-state index in [4.69, 9.17) is 27.9 Å². The minimum atomic E-state index is -0.193. The van der Waals surface area contributed by atoms with Crippen molar-refractivity contribution in [3.05, 3.63) is 75.3 Å². The van der Waals surface area contributed by atoms with E-state index >= 15 is 0 Å². The van der Waals surface area contributed by atoms with E-state index in [1.807, 2.05) is 24.3 Å². The molecule has 3 nitrogen and oxygen atoms in total. The maximum Gasteiger partial charge on any atom is 0.244 e. The van der Waals surface area contributed by atoms with Crippen LogP contribution in [0.25, 0.3) is 6.08 Å². The zero-order valence-corrected chi connectivity index (χ0v) is 14.2. The summed E-state index contributed by atoms with van der Waals surface area (Å²) in [4.78, 5) is 11.9. The van der Waals surface area contributed by atoms with Crippen molar-refractivity contribution < 1.29 is 9.53 Å². The summed E-state index contributed by atoms with van der Waals surface area (Å²) in [5.74, 6) is -0.193. The summed E-state index contributed by atoms with van der Waals surface area (Å²) in [6.45, 7) is 1.04. The molecule has 0 atom stereocenters. The fourth-order valence-electron chi connectivity index (χ4n) is 1.98. The molecule has 0 saturated heterocycles. The number of carbonyl (C=O) groups is 1. The molecule has 5 heteroatoms. The van der Waals surface area contributed by atoms with Gasteiger partial charge in [-0.05, 0) is 28.8 Å². The smallest absolute Gasteiger partial charge is 0.244 e. The second kappa shape index (κ2) is 8.73. The van der Waals surface area contributed by atoms with Crippen molar-refractivity contribution in [2.45, 2.75) is 13.2 Å². The minimum Gasteiger partial charge on any atom is -0.380 e. The Balaban J connectivity index is 1.89. The lowest BCUT2D eigenvalue weighted by Gasteiger charge is -2.05. The van der Waals surface area contributed by atoms with Gasteiger partial charge in [-0.1, -0.05) is 59.6 Å². The monoisotopic (exact) mass is 349 g/mol. The molecule has 1 N–H and O–H groups in total. The first kappa shape index (κ1) is 17.5. The van der Waals surface area contributed by atoms with Crippen LogP contribution < -0.4 is 5.32 Å². The van der Waals surface area contributed by atoms with Crippen molar-refractivity contribution in [3.8, 4) is 0 Å². The summed E-state index contributed by atoms with van der Waals surface area (Å²) in [6.07, 6.45) is 3.09. The lowest BCUT2D eigenvalue weighted by Crippen LogP contribution is -2.20. The predicted octanol–water partition coefficient (Wildman–Crippen LogP) is 4.47. The number of nitrogens with one attached hydrogen (secondary N) is 1. The Morgan fingerprint density at radius 3 is 2.52 bits per heavy atom. The highest BCUT2D eigenvalue weighted by atomic mass is 35.5. The highest BCUT2D eigenvalue weighted by molar-refractivity contribution is 6.42.